The van der Waals surface area contributed by atoms with Gasteiger partial charge in [-0.3, -0.25) is 15.1 Å². The molecule has 3 atom stereocenters. The zero-order valence-electron chi connectivity index (χ0n) is 32.6. The second-order valence-corrected chi connectivity index (χ2v) is 17.4. The molecule has 5 aromatic carbocycles. The highest BCUT2D eigenvalue weighted by Gasteiger charge is 2.73. The molecule has 8 rings (SSSR count). The van der Waals surface area contributed by atoms with Crippen molar-refractivity contribution >= 4 is 33.9 Å². The Kier molecular flexibility index (Phi) is 10.9. The molecular formula is C48H42N4O7S. The number of nitrogens with zero attached hydrogens (tertiary/aromatic N) is 2. The zero-order valence-corrected chi connectivity index (χ0v) is 33.4. The summed E-state index contributed by atoms with van der Waals surface area (Å²) < 4.78 is 38.2. The average molecular weight is 819 g/mol. The fourth-order valence-electron chi connectivity index (χ4n) is 8.30. The summed E-state index contributed by atoms with van der Waals surface area (Å²) in [6.07, 6.45) is 0.871. The summed E-state index contributed by atoms with van der Waals surface area (Å²) in [4.78, 5) is 45.8. The van der Waals surface area contributed by atoms with Gasteiger partial charge in [0.2, 0.25) is 0 Å². The van der Waals surface area contributed by atoms with Crippen LogP contribution in [-0.4, -0.2) is 59.0 Å². The first-order valence-electron chi connectivity index (χ1n) is 19.4. The third-order valence-electron chi connectivity index (χ3n) is 11.3. The topological polar surface area (TPSA) is 158 Å². The summed E-state index contributed by atoms with van der Waals surface area (Å²) in [6.45, 7) is 0.841. The maximum absolute atomic E-state index is 14.6. The standard InChI is InChI=1S/C48H42N4O7S/c1-47(32-58-46(49)55)42(45(54)59-41(34-17-7-2-8-18-34)35-19-9-3-10-20-35)52-43(53)40(44(52)60(47,56)57)30-39-29-33(27-28-50-39)31-51-48(36-21-11-4-12-22-36,37-23-13-5-14-24-37)38-25-15-6-16-26-38/h2-30,41-42,44,51H,31-32H2,1H3,(H2,49,55)/b40-30-/t42-,44+,47-/m0/s1. The van der Waals surface area contributed by atoms with Gasteiger partial charge in [0.05, 0.1) is 16.8 Å². The molecule has 2 amide bonds. The highest BCUT2D eigenvalue weighted by Crippen LogP contribution is 2.50. The Morgan fingerprint density at radius 2 is 1.28 bits per heavy atom. The van der Waals surface area contributed by atoms with E-state index in [0.29, 0.717) is 23.4 Å². The molecule has 0 spiro atoms. The van der Waals surface area contributed by atoms with Crippen molar-refractivity contribution in [3.8, 4) is 0 Å². The van der Waals surface area contributed by atoms with Gasteiger partial charge in [-0.25, -0.2) is 18.0 Å². The number of pyridine rings is 1. The second kappa shape index (κ2) is 16.4. The van der Waals surface area contributed by atoms with E-state index in [2.05, 4.69) is 46.7 Å². The molecule has 12 heteroatoms. The molecule has 2 aliphatic heterocycles. The lowest BCUT2D eigenvalue weighted by Gasteiger charge is -2.39. The van der Waals surface area contributed by atoms with E-state index in [0.717, 1.165) is 27.2 Å². The molecule has 2 fully saturated rings. The summed E-state index contributed by atoms with van der Waals surface area (Å²) in [6, 6.07) is 50.4. The number of aromatic nitrogens is 1. The van der Waals surface area contributed by atoms with E-state index in [9.17, 15) is 22.8 Å². The summed E-state index contributed by atoms with van der Waals surface area (Å²) in [5, 5.41) is 2.29. The van der Waals surface area contributed by atoms with Crippen molar-refractivity contribution in [2.75, 3.05) is 6.61 Å². The van der Waals surface area contributed by atoms with Gasteiger partial charge in [0.1, 0.15) is 11.4 Å². The van der Waals surface area contributed by atoms with Crippen LogP contribution >= 0.6 is 0 Å². The summed E-state index contributed by atoms with van der Waals surface area (Å²) in [5.41, 5.74) is 9.97. The van der Waals surface area contributed by atoms with Crippen LogP contribution in [0.15, 0.2) is 176 Å². The van der Waals surface area contributed by atoms with E-state index in [1.54, 1.807) is 60.8 Å². The van der Waals surface area contributed by atoms with Crippen LogP contribution in [0.25, 0.3) is 6.08 Å². The Hall–Kier alpha value is -6.89. The molecule has 0 saturated carbocycles. The summed E-state index contributed by atoms with van der Waals surface area (Å²) in [7, 11) is -4.45. The van der Waals surface area contributed by atoms with Gasteiger partial charge in [-0.2, -0.15) is 0 Å². The van der Waals surface area contributed by atoms with Crippen molar-refractivity contribution in [3.05, 3.63) is 215 Å². The van der Waals surface area contributed by atoms with E-state index in [-0.39, 0.29) is 5.57 Å². The number of amides is 2. The van der Waals surface area contributed by atoms with Gasteiger partial charge < -0.3 is 20.1 Å². The fourth-order valence-corrected chi connectivity index (χ4v) is 10.6. The van der Waals surface area contributed by atoms with Crippen molar-refractivity contribution < 1.29 is 32.3 Å². The smallest absolute Gasteiger partial charge is 0.404 e. The molecule has 0 bridgehead atoms. The summed E-state index contributed by atoms with van der Waals surface area (Å²) in [5.74, 6) is -1.67. The monoisotopic (exact) mass is 818 g/mol. The van der Waals surface area contributed by atoms with Gasteiger partial charge in [0, 0.05) is 12.7 Å². The number of rotatable bonds is 13. The van der Waals surface area contributed by atoms with Gasteiger partial charge in [0.25, 0.3) is 5.91 Å². The first-order chi connectivity index (χ1) is 29.0. The number of β-lactam (4-membered cyclic amide) rings is 1. The molecule has 11 nitrogen and oxygen atoms in total. The van der Waals surface area contributed by atoms with Crippen molar-refractivity contribution in [2.45, 2.75) is 41.3 Å². The van der Waals surface area contributed by atoms with E-state index < -0.39 is 62.2 Å². The van der Waals surface area contributed by atoms with Crippen LogP contribution in [0.2, 0.25) is 0 Å². The van der Waals surface area contributed by atoms with Crippen LogP contribution in [-0.2, 0) is 41.0 Å². The van der Waals surface area contributed by atoms with E-state index in [1.165, 1.54) is 13.0 Å². The number of fused-ring (bicyclic) bond motifs is 1. The lowest BCUT2D eigenvalue weighted by atomic mass is 9.77. The van der Waals surface area contributed by atoms with Gasteiger partial charge >= 0.3 is 12.1 Å². The number of benzene rings is 5. The predicted octanol–water partition coefficient (Wildman–Crippen LogP) is 6.70. The Bertz CT molecular complexity index is 2510. The molecular weight excluding hydrogens is 777 g/mol. The third-order valence-corrected chi connectivity index (χ3v) is 14.0. The maximum atomic E-state index is 14.6. The second-order valence-electron chi connectivity index (χ2n) is 15.0. The number of esters is 1. The molecule has 6 aromatic rings. The molecule has 0 radical (unpaired) electrons. The molecule has 0 unspecified atom stereocenters. The number of nitrogens with two attached hydrogens (primary N) is 1. The van der Waals surface area contributed by atoms with E-state index in [1.807, 2.05) is 72.8 Å². The number of hydrogen-bond acceptors (Lipinski definition) is 9. The number of ether oxygens (including phenoxy) is 2. The number of carbonyl (C=O) groups is 3. The molecule has 1 aromatic heterocycles. The van der Waals surface area contributed by atoms with Crippen molar-refractivity contribution in [1.29, 1.82) is 0 Å². The van der Waals surface area contributed by atoms with Gasteiger partial charge in [-0.15, -0.1) is 0 Å². The number of nitrogens with one attached hydrogen (secondary N) is 1. The van der Waals surface area contributed by atoms with Crippen LogP contribution in [0.3, 0.4) is 0 Å². The molecule has 302 valence electrons. The first-order valence-corrected chi connectivity index (χ1v) is 21.0. The minimum Gasteiger partial charge on any atom is -0.451 e. The van der Waals surface area contributed by atoms with Crippen LogP contribution < -0.4 is 11.1 Å². The van der Waals surface area contributed by atoms with Crippen LogP contribution in [0, 0.1) is 0 Å². The Balaban J connectivity index is 1.12. The van der Waals surface area contributed by atoms with Crippen molar-refractivity contribution in [2.24, 2.45) is 5.73 Å². The Morgan fingerprint density at radius 1 is 0.800 bits per heavy atom. The third kappa shape index (κ3) is 7.14. The van der Waals surface area contributed by atoms with Crippen LogP contribution in [0.4, 0.5) is 4.79 Å². The lowest BCUT2D eigenvalue weighted by molar-refractivity contribution is -0.161. The molecule has 3 N–H and O–H groups in total. The summed E-state index contributed by atoms with van der Waals surface area (Å²) >= 11 is 0. The number of hydrogen-bond donors (Lipinski definition) is 2. The fraction of sp³-hybridized carbons (Fsp3) is 0.167. The number of sulfone groups is 1. The maximum Gasteiger partial charge on any atom is 0.404 e. The SMILES string of the molecule is C[C@]1(COC(N)=O)[C@H](C(=O)OC(c2ccccc2)c2ccccc2)N2C(=O)/C(=C/c3cc(CNC(c4ccccc4)(c4ccccc4)c4ccccc4)ccn3)[C@H]2S1(=O)=O. The molecule has 2 saturated heterocycles. The minimum absolute atomic E-state index is 0.0805. The van der Waals surface area contributed by atoms with Gasteiger partial charge in [-0.05, 0) is 58.5 Å². The lowest BCUT2D eigenvalue weighted by Crippen LogP contribution is -2.60. The van der Waals surface area contributed by atoms with Crippen molar-refractivity contribution in [1.82, 2.24) is 15.2 Å². The Morgan fingerprint density at radius 3 is 1.77 bits per heavy atom. The zero-order chi connectivity index (χ0) is 41.9. The Labute approximate surface area is 348 Å². The predicted molar refractivity (Wildman–Crippen MR) is 226 cm³/mol. The first kappa shape index (κ1) is 39.9. The highest BCUT2D eigenvalue weighted by atomic mass is 32.2. The van der Waals surface area contributed by atoms with Gasteiger partial charge in [-0.1, -0.05) is 152 Å². The highest BCUT2D eigenvalue weighted by molar-refractivity contribution is 7.94. The van der Waals surface area contributed by atoms with Crippen LogP contribution in [0.5, 0.6) is 0 Å². The normalized spacial score (nSPS) is 20.0. The molecule has 2 aliphatic rings. The molecule has 3 heterocycles. The molecule has 60 heavy (non-hydrogen) atoms. The van der Waals surface area contributed by atoms with E-state index in [4.69, 9.17) is 15.2 Å². The molecule has 0 aliphatic carbocycles. The minimum atomic E-state index is -4.45. The average Bonchev–Trinajstić information content (AvgIpc) is 3.45. The quantitative estimate of drug-likeness (QED) is 0.0560. The van der Waals surface area contributed by atoms with Crippen molar-refractivity contribution in [3.63, 3.8) is 0 Å². The van der Waals surface area contributed by atoms with Crippen LogP contribution in [0.1, 0.15) is 52.1 Å². The largest absolute Gasteiger partial charge is 0.451 e. The number of carbonyl (C=O) groups excluding carboxylic acids is 3. The number of primary amides is 1. The van der Waals surface area contributed by atoms with E-state index >= 15 is 0 Å². The van der Waals surface area contributed by atoms with Gasteiger partial charge in [0.15, 0.2) is 27.4 Å².